The Morgan fingerprint density at radius 3 is 2.89 bits per heavy atom. The number of terminal acetylenes is 1. The maximum Gasteiger partial charge on any atom is 0.459 e. The summed E-state index contributed by atoms with van der Waals surface area (Å²) in [7, 11) is -4.03. The number of nitrogens with zero attached hydrogens (tertiary/aromatic N) is 3. The number of imidazole rings is 1. The summed E-state index contributed by atoms with van der Waals surface area (Å²) in [5.41, 5.74) is 6.61. The minimum absolute atomic E-state index is 0.00134. The standard InChI is InChI=1S/C24H27N6O6P/c1-4-12-34-23(32)16(3)29-37(33,36-18-8-6-5-7-9-18)35-13-17-10-11-19(15(17)2)30-14-26-20-21(30)27-24(25)28-22(20)31/h1,5-9,14,16-17,19H,2,10-13H2,3H3,(H,29,33)(H3,25,27,28,31)/t16-,17?,19?,37-/m0/s1. The van der Waals surface area contributed by atoms with E-state index in [-0.39, 0.29) is 36.6 Å². The lowest BCUT2D eigenvalue weighted by molar-refractivity contribution is -0.143. The number of nitrogen functional groups attached to an aromatic ring is 1. The molecule has 1 aliphatic carbocycles. The first-order valence-corrected chi connectivity index (χ1v) is 13.0. The highest BCUT2D eigenvalue weighted by atomic mass is 31.2. The summed E-state index contributed by atoms with van der Waals surface area (Å²) in [6.45, 7) is 5.47. The Kier molecular flexibility index (Phi) is 7.78. The van der Waals surface area contributed by atoms with Crippen molar-refractivity contribution in [2.45, 2.75) is 31.8 Å². The molecule has 0 spiro atoms. The lowest BCUT2D eigenvalue weighted by atomic mass is 10.0. The van der Waals surface area contributed by atoms with Gasteiger partial charge in [-0.3, -0.25) is 19.1 Å². The first-order valence-electron chi connectivity index (χ1n) is 11.5. The maximum atomic E-state index is 13.7. The van der Waals surface area contributed by atoms with E-state index in [2.05, 4.69) is 32.5 Å². The quantitative estimate of drug-likeness (QED) is 0.155. The van der Waals surface area contributed by atoms with E-state index in [1.807, 2.05) is 0 Å². The predicted octanol–water partition coefficient (Wildman–Crippen LogP) is 2.57. The number of carbonyl (C=O) groups excluding carboxylic acids is 1. The summed E-state index contributed by atoms with van der Waals surface area (Å²) in [6.07, 6.45) is 7.99. The number of benzene rings is 1. The summed E-state index contributed by atoms with van der Waals surface area (Å²) in [4.78, 5) is 35.2. The number of nitrogens with one attached hydrogen (secondary N) is 2. The van der Waals surface area contributed by atoms with Gasteiger partial charge in [-0.1, -0.05) is 30.7 Å². The normalized spacial score (nSPS) is 19.7. The van der Waals surface area contributed by atoms with E-state index in [0.29, 0.717) is 24.2 Å². The summed E-state index contributed by atoms with van der Waals surface area (Å²) in [5, 5.41) is 2.63. The van der Waals surface area contributed by atoms with Crippen LogP contribution >= 0.6 is 7.75 Å². The molecule has 2 aromatic heterocycles. The molecule has 37 heavy (non-hydrogen) atoms. The van der Waals surface area contributed by atoms with Crippen LogP contribution in [-0.2, 0) is 18.6 Å². The largest absolute Gasteiger partial charge is 0.459 e. The van der Waals surface area contributed by atoms with Crippen molar-refractivity contribution < 1.29 is 23.1 Å². The smallest absolute Gasteiger partial charge is 0.451 e. The minimum Gasteiger partial charge on any atom is -0.451 e. The number of ether oxygens (including phenoxy) is 1. The third kappa shape index (κ3) is 5.91. The topological polar surface area (TPSA) is 163 Å². The van der Waals surface area contributed by atoms with Gasteiger partial charge in [0.15, 0.2) is 17.8 Å². The first-order chi connectivity index (χ1) is 17.7. The molecular formula is C24H27N6O6P. The van der Waals surface area contributed by atoms with Crippen LogP contribution in [0.2, 0.25) is 0 Å². The van der Waals surface area contributed by atoms with Gasteiger partial charge >= 0.3 is 13.7 Å². The number of nitrogens with two attached hydrogens (primary N) is 1. The molecule has 2 unspecified atom stereocenters. The summed E-state index contributed by atoms with van der Waals surface area (Å²) < 4.78 is 31.8. The molecule has 3 aromatic rings. The predicted molar refractivity (Wildman–Crippen MR) is 136 cm³/mol. The van der Waals surface area contributed by atoms with E-state index < -0.39 is 25.3 Å². The minimum atomic E-state index is -4.03. The lowest BCUT2D eigenvalue weighted by Gasteiger charge is -2.24. The van der Waals surface area contributed by atoms with Crippen LogP contribution in [0.15, 0.2) is 53.6 Å². The van der Waals surface area contributed by atoms with Crippen LogP contribution in [-0.4, -0.2) is 44.7 Å². The number of aromatic nitrogens is 4. The van der Waals surface area contributed by atoms with Crippen molar-refractivity contribution in [2.24, 2.45) is 5.92 Å². The fraction of sp³-hybridized carbons (Fsp3) is 0.333. The van der Waals surface area contributed by atoms with Crippen molar-refractivity contribution >= 4 is 30.8 Å². The second-order valence-electron chi connectivity index (χ2n) is 8.50. The maximum absolute atomic E-state index is 13.7. The van der Waals surface area contributed by atoms with Gasteiger partial charge in [0.05, 0.1) is 19.0 Å². The Hall–Kier alpha value is -3.91. The molecule has 0 saturated heterocycles. The van der Waals surface area contributed by atoms with Crippen LogP contribution in [0.1, 0.15) is 25.8 Å². The number of rotatable bonds is 10. The van der Waals surface area contributed by atoms with E-state index in [9.17, 15) is 14.2 Å². The lowest BCUT2D eigenvalue weighted by Crippen LogP contribution is -2.35. The number of para-hydroxylation sites is 1. The van der Waals surface area contributed by atoms with Crippen molar-refractivity contribution in [2.75, 3.05) is 18.9 Å². The highest BCUT2D eigenvalue weighted by molar-refractivity contribution is 7.52. The fourth-order valence-corrected chi connectivity index (χ4v) is 5.64. The molecule has 4 atom stereocenters. The van der Waals surface area contributed by atoms with Crippen LogP contribution in [0.4, 0.5) is 5.95 Å². The molecule has 194 valence electrons. The molecule has 0 bridgehead atoms. The van der Waals surface area contributed by atoms with Crippen molar-refractivity contribution in [3.8, 4) is 18.1 Å². The van der Waals surface area contributed by atoms with Gasteiger partial charge in [0.1, 0.15) is 11.8 Å². The summed E-state index contributed by atoms with van der Waals surface area (Å²) in [6, 6.07) is 7.22. The molecule has 2 heterocycles. The third-order valence-electron chi connectivity index (χ3n) is 5.94. The zero-order chi connectivity index (χ0) is 26.6. The van der Waals surface area contributed by atoms with Crippen molar-refractivity contribution in [3.05, 3.63) is 59.2 Å². The molecule has 1 aliphatic rings. The number of hydrogen-bond donors (Lipinski definition) is 3. The van der Waals surface area contributed by atoms with Gasteiger partial charge in [-0.05, 0) is 37.5 Å². The number of hydrogen-bond acceptors (Lipinski definition) is 9. The van der Waals surface area contributed by atoms with Crippen molar-refractivity contribution in [1.29, 1.82) is 0 Å². The average molecular weight is 526 g/mol. The Morgan fingerprint density at radius 1 is 1.41 bits per heavy atom. The van der Waals surface area contributed by atoms with E-state index in [0.717, 1.165) is 5.57 Å². The monoisotopic (exact) mass is 526 g/mol. The molecule has 0 radical (unpaired) electrons. The molecule has 4 N–H and O–H groups in total. The third-order valence-corrected chi connectivity index (χ3v) is 7.59. The Labute approximate surface area is 212 Å². The van der Waals surface area contributed by atoms with Crippen LogP contribution in [0.25, 0.3) is 11.2 Å². The molecule has 0 aliphatic heterocycles. The molecule has 1 saturated carbocycles. The molecule has 1 aromatic carbocycles. The van der Waals surface area contributed by atoms with Gasteiger partial charge in [-0.15, -0.1) is 6.42 Å². The van der Waals surface area contributed by atoms with Gasteiger partial charge in [-0.2, -0.15) is 10.1 Å². The average Bonchev–Trinajstić information content (AvgIpc) is 3.44. The molecular weight excluding hydrogens is 499 g/mol. The van der Waals surface area contributed by atoms with E-state index in [4.69, 9.17) is 25.9 Å². The molecule has 0 amide bonds. The van der Waals surface area contributed by atoms with Gasteiger partial charge in [0, 0.05) is 5.92 Å². The highest BCUT2D eigenvalue weighted by Gasteiger charge is 2.37. The number of anilines is 1. The number of aromatic amines is 1. The highest BCUT2D eigenvalue weighted by Crippen LogP contribution is 2.48. The fourth-order valence-electron chi connectivity index (χ4n) is 4.11. The number of esters is 1. The van der Waals surface area contributed by atoms with Crippen LogP contribution < -0.4 is 20.9 Å². The van der Waals surface area contributed by atoms with Crippen molar-refractivity contribution in [3.63, 3.8) is 0 Å². The van der Waals surface area contributed by atoms with Gasteiger partial charge in [-0.25, -0.2) is 9.55 Å². The van der Waals surface area contributed by atoms with Crippen LogP contribution in [0.5, 0.6) is 5.75 Å². The molecule has 1 fully saturated rings. The number of carbonyl (C=O) groups is 1. The molecule has 4 rings (SSSR count). The van der Waals surface area contributed by atoms with E-state index >= 15 is 0 Å². The Bertz CT molecular complexity index is 1450. The molecule has 13 heteroatoms. The first kappa shape index (κ1) is 26.2. The number of fused-ring (bicyclic) bond motifs is 1. The zero-order valence-corrected chi connectivity index (χ0v) is 21.0. The molecule has 12 nitrogen and oxygen atoms in total. The van der Waals surface area contributed by atoms with E-state index in [1.54, 1.807) is 34.9 Å². The Balaban J connectivity index is 1.49. The summed E-state index contributed by atoms with van der Waals surface area (Å²) in [5.74, 6) is 1.60. The second kappa shape index (κ2) is 11.0. The second-order valence-corrected chi connectivity index (χ2v) is 10.2. The SMILES string of the molecule is C#CCOC(=O)[C@H](C)N[P@](=O)(OCC1CCC(n2cnc3c(=O)[nH]c(N)nc32)C1=C)Oc1ccccc1. The van der Waals surface area contributed by atoms with Crippen molar-refractivity contribution in [1.82, 2.24) is 24.6 Å². The van der Waals surface area contributed by atoms with Crippen LogP contribution in [0, 0.1) is 18.3 Å². The van der Waals surface area contributed by atoms with Gasteiger partial charge < -0.3 is 19.6 Å². The summed E-state index contributed by atoms with van der Waals surface area (Å²) >= 11 is 0. The Morgan fingerprint density at radius 2 is 2.16 bits per heavy atom. The number of H-pyrrole nitrogens is 1. The van der Waals surface area contributed by atoms with Gasteiger partial charge in [0.2, 0.25) is 5.95 Å². The zero-order valence-electron chi connectivity index (χ0n) is 20.1. The van der Waals surface area contributed by atoms with Crippen LogP contribution in [0.3, 0.4) is 0 Å². The van der Waals surface area contributed by atoms with E-state index in [1.165, 1.54) is 13.3 Å². The van der Waals surface area contributed by atoms with Gasteiger partial charge in [0.25, 0.3) is 5.56 Å².